The van der Waals surface area contributed by atoms with E-state index in [1.54, 1.807) is 7.11 Å². The van der Waals surface area contributed by atoms with Crippen LogP contribution in [0.3, 0.4) is 0 Å². The Balaban J connectivity index is 2.59. The highest BCUT2D eigenvalue weighted by atomic mass is 16.5. The molecule has 1 rings (SSSR count). The minimum absolute atomic E-state index is 0.580. The summed E-state index contributed by atoms with van der Waals surface area (Å²) in [5.41, 5.74) is 1.55. The molecule has 0 aliphatic rings. The van der Waals surface area contributed by atoms with Gasteiger partial charge in [-0.1, -0.05) is 26.0 Å². The van der Waals surface area contributed by atoms with E-state index in [1.165, 1.54) is 0 Å². The fourth-order valence-electron chi connectivity index (χ4n) is 1.70. The van der Waals surface area contributed by atoms with Crippen LogP contribution < -0.4 is 5.32 Å². The van der Waals surface area contributed by atoms with Crippen LogP contribution in [0.25, 0.3) is 0 Å². The van der Waals surface area contributed by atoms with Gasteiger partial charge in [0.05, 0.1) is 12.2 Å². The highest BCUT2D eigenvalue weighted by Gasteiger charge is 2.21. The summed E-state index contributed by atoms with van der Waals surface area (Å²) >= 11 is 0. The van der Waals surface area contributed by atoms with Gasteiger partial charge < -0.3 is 15.2 Å². The Morgan fingerprint density at radius 3 is 2.59 bits per heavy atom. The molecule has 3 heteroatoms. The largest absolute Gasteiger partial charge is 0.388 e. The first-order valence-electron chi connectivity index (χ1n) is 6.17. The molecular formula is C14H23NO2. The average Bonchev–Trinajstić information content (AvgIpc) is 2.37. The number of ether oxygens (including phenoxy) is 1. The zero-order valence-corrected chi connectivity index (χ0v) is 11.0. The maximum Gasteiger partial charge on any atom is 0.0814 e. The molecule has 96 valence electrons. The van der Waals surface area contributed by atoms with Crippen LogP contribution in [-0.4, -0.2) is 24.4 Å². The molecule has 3 nitrogen and oxygen atoms in total. The second-order valence-electron chi connectivity index (χ2n) is 4.42. The quantitative estimate of drug-likeness (QED) is 0.766. The van der Waals surface area contributed by atoms with Crippen molar-refractivity contribution in [3.05, 3.63) is 29.8 Å². The van der Waals surface area contributed by atoms with E-state index in [-0.39, 0.29) is 0 Å². The molecule has 0 radical (unpaired) electrons. The van der Waals surface area contributed by atoms with Gasteiger partial charge in [0.1, 0.15) is 0 Å². The number of methoxy groups -OCH3 is 1. The highest BCUT2D eigenvalue weighted by Crippen LogP contribution is 2.17. The molecule has 17 heavy (non-hydrogen) atoms. The molecule has 0 aliphatic carbocycles. The summed E-state index contributed by atoms with van der Waals surface area (Å²) in [7, 11) is 1.69. The van der Waals surface area contributed by atoms with E-state index in [1.807, 2.05) is 32.0 Å². The van der Waals surface area contributed by atoms with Crippen LogP contribution in [0, 0.1) is 0 Å². The van der Waals surface area contributed by atoms with Gasteiger partial charge in [0.15, 0.2) is 0 Å². The standard InChI is InChI=1S/C14H23NO2/c1-4-14(16,5-2)11-15-13-8-6-7-12(9-13)10-17-3/h6-9,15-16H,4-5,10-11H2,1-3H3. The minimum atomic E-state index is -0.614. The van der Waals surface area contributed by atoms with E-state index < -0.39 is 5.60 Å². The van der Waals surface area contributed by atoms with Gasteiger partial charge in [-0.25, -0.2) is 0 Å². The molecule has 1 aromatic carbocycles. The summed E-state index contributed by atoms with van der Waals surface area (Å²) in [5.74, 6) is 0. The first-order valence-corrected chi connectivity index (χ1v) is 6.17. The van der Waals surface area contributed by atoms with E-state index in [0.29, 0.717) is 13.2 Å². The van der Waals surface area contributed by atoms with Crippen LogP contribution >= 0.6 is 0 Å². The molecule has 0 atom stereocenters. The second kappa shape index (κ2) is 6.62. The summed E-state index contributed by atoms with van der Waals surface area (Å²) in [6.45, 7) is 5.21. The van der Waals surface area contributed by atoms with Crippen molar-refractivity contribution in [2.75, 3.05) is 19.0 Å². The molecule has 0 bridgehead atoms. The lowest BCUT2D eigenvalue weighted by Gasteiger charge is -2.26. The lowest BCUT2D eigenvalue weighted by molar-refractivity contribution is 0.0457. The third-order valence-corrected chi connectivity index (χ3v) is 3.18. The van der Waals surface area contributed by atoms with E-state index in [4.69, 9.17) is 4.74 Å². The van der Waals surface area contributed by atoms with E-state index >= 15 is 0 Å². The monoisotopic (exact) mass is 237 g/mol. The predicted octanol–water partition coefficient (Wildman–Crippen LogP) is 2.80. The number of hydrogen-bond donors (Lipinski definition) is 2. The molecule has 1 aromatic rings. The SMILES string of the molecule is CCC(O)(CC)CNc1cccc(COC)c1. The predicted molar refractivity (Wildman–Crippen MR) is 71.2 cm³/mol. The molecule has 0 aromatic heterocycles. The number of hydrogen-bond acceptors (Lipinski definition) is 3. The fraction of sp³-hybridized carbons (Fsp3) is 0.571. The number of aliphatic hydroxyl groups is 1. The third-order valence-electron chi connectivity index (χ3n) is 3.18. The van der Waals surface area contributed by atoms with Crippen molar-refractivity contribution in [1.82, 2.24) is 0 Å². The van der Waals surface area contributed by atoms with E-state index in [0.717, 1.165) is 24.1 Å². The Kier molecular flexibility index (Phi) is 5.45. The molecular weight excluding hydrogens is 214 g/mol. The van der Waals surface area contributed by atoms with Gasteiger partial charge in [-0.05, 0) is 30.5 Å². The van der Waals surface area contributed by atoms with Crippen LogP contribution in [-0.2, 0) is 11.3 Å². The topological polar surface area (TPSA) is 41.5 Å². The zero-order chi connectivity index (χ0) is 12.7. The summed E-state index contributed by atoms with van der Waals surface area (Å²) < 4.78 is 5.09. The number of nitrogens with one attached hydrogen (secondary N) is 1. The van der Waals surface area contributed by atoms with Crippen molar-refractivity contribution in [2.45, 2.75) is 38.9 Å². The molecule has 0 fully saturated rings. The van der Waals surface area contributed by atoms with Crippen molar-refractivity contribution >= 4 is 5.69 Å². The Hall–Kier alpha value is -1.06. The molecule has 0 aliphatic heterocycles. The first kappa shape index (κ1) is 14.0. The first-order chi connectivity index (χ1) is 8.13. The van der Waals surface area contributed by atoms with Crippen molar-refractivity contribution in [3.8, 4) is 0 Å². The summed E-state index contributed by atoms with van der Waals surface area (Å²) in [6.07, 6.45) is 1.52. The van der Waals surface area contributed by atoms with Crippen molar-refractivity contribution in [2.24, 2.45) is 0 Å². The lowest BCUT2D eigenvalue weighted by atomic mass is 9.97. The molecule has 0 amide bonds. The Morgan fingerprint density at radius 1 is 1.29 bits per heavy atom. The summed E-state index contributed by atoms with van der Waals surface area (Å²) in [5, 5.41) is 13.5. The van der Waals surface area contributed by atoms with Crippen LogP contribution in [0.4, 0.5) is 5.69 Å². The van der Waals surface area contributed by atoms with E-state index in [2.05, 4.69) is 11.4 Å². The maximum atomic E-state index is 10.2. The molecule has 0 spiro atoms. The third kappa shape index (κ3) is 4.36. The molecule has 0 saturated heterocycles. The van der Waals surface area contributed by atoms with Crippen molar-refractivity contribution < 1.29 is 9.84 Å². The van der Waals surface area contributed by atoms with Crippen LogP contribution in [0.2, 0.25) is 0 Å². The van der Waals surface area contributed by atoms with E-state index in [9.17, 15) is 5.11 Å². The molecule has 0 unspecified atom stereocenters. The highest BCUT2D eigenvalue weighted by molar-refractivity contribution is 5.45. The smallest absolute Gasteiger partial charge is 0.0814 e. The molecule has 0 saturated carbocycles. The zero-order valence-electron chi connectivity index (χ0n) is 11.0. The maximum absolute atomic E-state index is 10.2. The van der Waals surface area contributed by atoms with Gasteiger partial charge >= 0.3 is 0 Å². The van der Waals surface area contributed by atoms with Crippen molar-refractivity contribution in [1.29, 1.82) is 0 Å². The fourth-order valence-corrected chi connectivity index (χ4v) is 1.70. The van der Waals surface area contributed by atoms with Gasteiger partial charge in [-0.3, -0.25) is 0 Å². The Labute approximate surface area is 104 Å². The normalized spacial score (nSPS) is 11.5. The van der Waals surface area contributed by atoms with Gasteiger partial charge in [0.25, 0.3) is 0 Å². The summed E-state index contributed by atoms with van der Waals surface area (Å²) in [4.78, 5) is 0. The second-order valence-corrected chi connectivity index (χ2v) is 4.42. The van der Waals surface area contributed by atoms with Crippen LogP contribution in [0.5, 0.6) is 0 Å². The van der Waals surface area contributed by atoms with Crippen LogP contribution in [0.1, 0.15) is 32.3 Å². The number of benzene rings is 1. The Bertz CT molecular complexity index is 335. The van der Waals surface area contributed by atoms with Gasteiger partial charge in [0, 0.05) is 19.3 Å². The van der Waals surface area contributed by atoms with Crippen LogP contribution in [0.15, 0.2) is 24.3 Å². The average molecular weight is 237 g/mol. The minimum Gasteiger partial charge on any atom is -0.388 e. The molecule has 2 N–H and O–H groups in total. The van der Waals surface area contributed by atoms with Gasteiger partial charge in [-0.2, -0.15) is 0 Å². The van der Waals surface area contributed by atoms with Gasteiger partial charge in [-0.15, -0.1) is 0 Å². The molecule has 0 heterocycles. The lowest BCUT2D eigenvalue weighted by Crippen LogP contribution is -2.35. The summed E-state index contributed by atoms with van der Waals surface area (Å²) in [6, 6.07) is 8.08. The van der Waals surface area contributed by atoms with Crippen molar-refractivity contribution in [3.63, 3.8) is 0 Å². The Morgan fingerprint density at radius 2 is 2.00 bits per heavy atom. The number of rotatable bonds is 7. The van der Waals surface area contributed by atoms with Gasteiger partial charge in [0.2, 0.25) is 0 Å². The number of anilines is 1.